The van der Waals surface area contributed by atoms with Crippen molar-refractivity contribution < 1.29 is 4.79 Å². The van der Waals surface area contributed by atoms with Gasteiger partial charge in [-0.2, -0.15) is 0 Å². The van der Waals surface area contributed by atoms with E-state index >= 15 is 0 Å². The van der Waals surface area contributed by atoms with Gasteiger partial charge in [0.05, 0.1) is 5.54 Å². The smallest absolute Gasteiger partial charge is 0.286 e. The third-order valence-corrected chi connectivity index (χ3v) is 5.04. The zero-order valence-electron chi connectivity index (χ0n) is 12.8. The summed E-state index contributed by atoms with van der Waals surface area (Å²) in [6, 6.07) is 8.43. The average Bonchev–Trinajstić information content (AvgIpc) is 2.60. The van der Waals surface area contributed by atoms with Crippen molar-refractivity contribution in [2.75, 3.05) is 6.54 Å². The fourth-order valence-electron chi connectivity index (χ4n) is 2.34. The van der Waals surface area contributed by atoms with E-state index in [1.54, 1.807) is 0 Å². The largest absolute Gasteiger partial charge is 0.324 e. The third-order valence-electron chi connectivity index (χ3n) is 3.81. The number of amides is 1. The minimum absolute atomic E-state index is 0.182. The Morgan fingerprint density at radius 2 is 1.90 bits per heavy atom. The molecule has 0 unspecified atom stereocenters. The van der Waals surface area contributed by atoms with Gasteiger partial charge in [0.2, 0.25) is 0 Å². The summed E-state index contributed by atoms with van der Waals surface area (Å²) >= 11 is 1.38. The Balaban J connectivity index is 2.24. The fourth-order valence-corrected chi connectivity index (χ4v) is 3.52. The summed E-state index contributed by atoms with van der Waals surface area (Å²) in [6.07, 6.45) is 4.32. The van der Waals surface area contributed by atoms with Crippen molar-refractivity contribution in [3.63, 3.8) is 0 Å². The quantitative estimate of drug-likeness (QED) is 0.770. The van der Waals surface area contributed by atoms with Gasteiger partial charge in [-0.1, -0.05) is 43.2 Å². The van der Waals surface area contributed by atoms with Gasteiger partial charge in [-0.15, -0.1) is 0 Å². The number of thioether (sulfide) groups is 1. The van der Waals surface area contributed by atoms with E-state index in [4.69, 9.17) is 0 Å². The van der Waals surface area contributed by atoms with Crippen molar-refractivity contribution in [1.82, 2.24) is 4.90 Å². The summed E-state index contributed by atoms with van der Waals surface area (Å²) in [5.41, 5.74) is 2.23. The molecule has 0 radical (unpaired) electrons. The van der Waals surface area contributed by atoms with Crippen LogP contribution in [0.1, 0.15) is 44.7 Å². The van der Waals surface area contributed by atoms with Crippen LogP contribution >= 0.6 is 11.8 Å². The van der Waals surface area contributed by atoms with E-state index in [-0.39, 0.29) is 10.8 Å². The summed E-state index contributed by atoms with van der Waals surface area (Å²) in [6.45, 7) is 9.37. The molecule has 1 aliphatic rings. The molecule has 1 amide bonds. The van der Waals surface area contributed by atoms with E-state index in [0.29, 0.717) is 0 Å². The molecule has 0 aromatic heterocycles. The molecule has 0 aliphatic carbocycles. The first kappa shape index (κ1) is 15.2. The second-order valence-corrected chi connectivity index (χ2v) is 6.84. The molecule has 2 nitrogen and oxygen atoms in total. The van der Waals surface area contributed by atoms with Crippen LogP contribution in [0.4, 0.5) is 4.79 Å². The van der Waals surface area contributed by atoms with Gasteiger partial charge >= 0.3 is 0 Å². The van der Waals surface area contributed by atoms with Gasteiger partial charge in [0, 0.05) is 11.4 Å². The first-order valence-corrected chi connectivity index (χ1v) is 8.05. The Kier molecular flexibility index (Phi) is 4.59. The van der Waals surface area contributed by atoms with Crippen LogP contribution < -0.4 is 0 Å². The fraction of sp³-hybridized carbons (Fsp3) is 0.471. The lowest BCUT2D eigenvalue weighted by molar-refractivity contribution is 0.186. The maximum absolute atomic E-state index is 12.2. The molecule has 108 valence electrons. The molecule has 1 saturated heterocycles. The Bertz CT molecular complexity index is 516. The van der Waals surface area contributed by atoms with E-state index in [1.807, 2.05) is 4.90 Å². The number of hydrogen-bond donors (Lipinski definition) is 0. The molecule has 0 spiro atoms. The molecule has 1 aromatic carbocycles. The van der Waals surface area contributed by atoms with Crippen molar-refractivity contribution in [1.29, 1.82) is 0 Å². The van der Waals surface area contributed by atoms with Crippen LogP contribution in [-0.2, 0) is 0 Å². The first-order chi connectivity index (χ1) is 9.45. The Labute approximate surface area is 126 Å². The highest BCUT2D eigenvalue weighted by Crippen LogP contribution is 2.44. The van der Waals surface area contributed by atoms with Crippen molar-refractivity contribution in [3.8, 4) is 0 Å². The van der Waals surface area contributed by atoms with Gasteiger partial charge in [0.25, 0.3) is 5.24 Å². The lowest BCUT2D eigenvalue weighted by Crippen LogP contribution is -2.41. The first-order valence-electron chi connectivity index (χ1n) is 7.23. The van der Waals surface area contributed by atoms with Crippen LogP contribution in [0.15, 0.2) is 29.2 Å². The normalized spacial score (nSPS) is 19.9. The summed E-state index contributed by atoms with van der Waals surface area (Å²) in [5, 5.41) is 0.182. The van der Waals surface area contributed by atoms with E-state index in [1.165, 1.54) is 17.3 Å². The van der Waals surface area contributed by atoms with Gasteiger partial charge < -0.3 is 4.90 Å². The molecule has 0 N–H and O–H groups in total. The average molecular weight is 289 g/mol. The molecular weight excluding hydrogens is 266 g/mol. The summed E-state index contributed by atoms with van der Waals surface area (Å²) in [4.78, 5) is 15.3. The van der Waals surface area contributed by atoms with Crippen LogP contribution in [0.2, 0.25) is 0 Å². The molecule has 1 aliphatic heterocycles. The highest BCUT2D eigenvalue weighted by Gasteiger charge is 2.42. The van der Waals surface area contributed by atoms with Gasteiger partial charge in [-0.25, -0.2) is 0 Å². The van der Waals surface area contributed by atoms with Crippen molar-refractivity contribution in [3.05, 3.63) is 40.3 Å². The molecule has 20 heavy (non-hydrogen) atoms. The van der Waals surface area contributed by atoms with Gasteiger partial charge in [-0.05, 0) is 50.6 Å². The number of unbranched alkanes of at least 4 members (excludes halogenated alkanes) is 1. The van der Waals surface area contributed by atoms with Gasteiger partial charge in [-0.3, -0.25) is 4.79 Å². The number of carbonyl (C=O) groups excluding carboxylic acids is 1. The second-order valence-electron chi connectivity index (χ2n) is 5.85. The van der Waals surface area contributed by atoms with Gasteiger partial charge in [0.1, 0.15) is 0 Å². The highest BCUT2D eigenvalue weighted by molar-refractivity contribution is 8.17. The molecule has 0 atom stereocenters. The molecule has 2 rings (SSSR count). The van der Waals surface area contributed by atoms with Crippen LogP contribution in [0.3, 0.4) is 0 Å². The zero-order valence-corrected chi connectivity index (χ0v) is 13.6. The molecule has 0 saturated carbocycles. The minimum atomic E-state index is -0.193. The molecule has 0 bridgehead atoms. The topological polar surface area (TPSA) is 20.3 Å². The van der Waals surface area contributed by atoms with Crippen LogP contribution in [-0.4, -0.2) is 22.2 Å². The number of aryl methyl sites for hydroxylation is 1. The SMILES string of the molecule is CCCCN1C(=O)S/C(=C\c2ccc(C)cc2)C1(C)C. The predicted molar refractivity (Wildman–Crippen MR) is 87.8 cm³/mol. The minimum Gasteiger partial charge on any atom is -0.324 e. The Morgan fingerprint density at radius 3 is 2.50 bits per heavy atom. The van der Waals surface area contributed by atoms with Crippen LogP contribution in [0.25, 0.3) is 6.08 Å². The van der Waals surface area contributed by atoms with Crippen LogP contribution in [0, 0.1) is 6.92 Å². The molecule has 3 heteroatoms. The number of carbonyl (C=O) groups is 1. The maximum Gasteiger partial charge on any atom is 0.286 e. The van der Waals surface area contributed by atoms with E-state index < -0.39 is 0 Å². The summed E-state index contributed by atoms with van der Waals surface area (Å²) < 4.78 is 0. The number of benzene rings is 1. The van der Waals surface area contributed by atoms with Crippen molar-refractivity contribution >= 4 is 23.1 Å². The van der Waals surface area contributed by atoms with E-state index in [2.05, 4.69) is 58.0 Å². The lowest BCUT2D eigenvalue weighted by Gasteiger charge is -2.31. The van der Waals surface area contributed by atoms with Crippen molar-refractivity contribution in [2.45, 2.75) is 46.1 Å². The Morgan fingerprint density at radius 1 is 1.25 bits per heavy atom. The number of rotatable bonds is 4. The molecule has 1 heterocycles. The summed E-state index contributed by atoms with van der Waals surface area (Å²) in [5.74, 6) is 0. The lowest BCUT2D eigenvalue weighted by atomic mass is 10.00. The molecular formula is C17H23NOS. The molecule has 1 fully saturated rings. The second kappa shape index (κ2) is 6.04. The molecule has 1 aromatic rings. The predicted octanol–water partition coefficient (Wildman–Crippen LogP) is 5.08. The number of hydrogen-bond acceptors (Lipinski definition) is 2. The number of nitrogens with zero attached hydrogens (tertiary/aromatic N) is 1. The summed E-state index contributed by atoms with van der Waals surface area (Å²) in [7, 11) is 0. The van der Waals surface area contributed by atoms with E-state index in [9.17, 15) is 4.79 Å². The van der Waals surface area contributed by atoms with Crippen LogP contribution in [0.5, 0.6) is 0 Å². The van der Waals surface area contributed by atoms with E-state index in [0.717, 1.165) is 29.9 Å². The highest BCUT2D eigenvalue weighted by atomic mass is 32.2. The third kappa shape index (κ3) is 3.09. The monoisotopic (exact) mass is 289 g/mol. The van der Waals surface area contributed by atoms with Crippen molar-refractivity contribution in [2.24, 2.45) is 0 Å². The Hall–Kier alpha value is -1.22. The standard InChI is InChI=1S/C17H23NOS/c1-5-6-11-18-16(19)20-15(17(18,3)4)12-14-9-7-13(2)8-10-14/h7-10,12H,5-6,11H2,1-4H3/b15-12-. The zero-order chi connectivity index (χ0) is 14.8. The van der Waals surface area contributed by atoms with Gasteiger partial charge in [0.15, 0.2) is 0 Å². The maximum atomic E-state index is 12.2.